The Balaban J connectivity index is 1.33. The Morgan fingerprint density at radius 1 is 1.00 bits per heavy atom. The highest BCUT2D eigenvalue weighted by atomic mass is 35.5. The highest BCUT2D eigenvalue weighted by molar-refractivity contribution is 6.29. The van der Waals surface area contributed by atoms with Gasteiger partial charge < -0.3 is 14.2 Å². The molecular weight excluding hydrogens is 466 g/mol. The molecule has 5 rings (SSSR count). The summed E-state index contributed by atoms with van der Waals surface area (Å²) in [5, 5.41) is 11.8. The third kappa shape index (κ3) is 5.46. The Kier molecular flexibility index (Phi) is 6.97. The van der Waals surface area contributed by atoms with Crippen LogP contribution in [-0.2, 0) is 0 Å². The number of nitrogens with zero attached hydrogens (tertiary/aromatic N) is 6. The number of pyridine rings is 1. The van der Waals surface area contributed by atoms with Crippen molar-refractivity contribution in [1.82, 2.24) is 30.0 Å². The average Bonchev–Trinajstić information content (AvgIpc) is 3.30. The molecule has 1 N–H and O–H groups in total. The van der Waals surface area contributed by atoms with Crippen LogP contribution < -0.4 is 5.32 Å². The minimum absolute atomic E-state index is 0.137. The van der Waals surface area contributed by atoms with Crippen LogP contribution in [0.5, 0.6) is 0 Å². The molecule has 2 saturated heterocycles. The van der Waals surface area contributed by atoms with Crippen molar-refractivity contribution in [1.29, 1.82) is 0 Å². The largest absolute Gasteiger partial charge is 0.460 e. The number of nitrogens with one attached hydrogen (secondary N) is 1. The second-order valence-electron chi connectivity index (χ2n) is 9.31. The number of piperidine rings is 2. The fraction of sp³-hybridized carbons (Fsp3) is 0.480. The van der Waals surface area contributed by atoms with Gasteiger partial charge in [0, 0.05) is 30.4 Å². The Bertz CT molecular complexity index is 1180. The van der Waals surface area contributed by atoms with E-state index in [0.717, 1.165) is 42.9 Å². The lowest BCUT2D eigenvalue weighted by molar-refractivity contribution is 0.104. The zero-order valence-electron chi connectivity index (χ0n) is 20.1. The summed E-state index contributed by atoms with van der Waals surface area (Å²) in [5.74, 6) is 1.42. The van der Waals surface area contributed by atoms with Gasteiger partial charge in [-0.05, 0) is 76.9 Å². The van der Waals surface area contributed by atoms with Gasteiger partial charge in [0.05, 0.1) is 0 Å². The highest BCUT2D eigenvalue weighted by Crippen LogP contribution is 2.31. The predicted molar refractivity (Wildman–Crippen MR) is 134 cm³/mol. The lowest BCUT2D eigenvalue weighted by Crippen LogP contribution is -2.49. The van der Waals surface area contributed by atoms with E-state index in [2.05, 4.69) is 30.4 Å². The van der Waals surface area contributed by atoms with Gasteiger partial charge in [0.15, 0.2) is 5.76 Å². The van der Waals surface area contributed by atoms with Gasteiger partial charge in [-0.15, -0.1) is 10.2 Å². The van der Waals surface area contributed by atoms with E-state index in [1.54, 1.807) is 6.07 Å². The van der Waals surface area contributed by atoms with Crippen molar-refractivity contribution in [3.05, 3.63) is 40.9 Å². The molecule has 0 atom stereocenters. The van der Waals surface area contributed by atoms with Gasteiger partial charge in [0.2, 0.25) is 0 Å². The van der Waals surface area contributed by atoms with Crippen molar-refractivity contribution in [3.63, 3.8) is 0 Å². The van der Waals surface area contributed by atoms with Crippen LogP contribution in [0.3, 0.4) is 0 Å². The molecule has 10 heteroatoms. The zero-order valence-corrected chi connectivity index (χ0v) is 20.9. The zero-order chi connectivity index (χ0) is 24.4. The molecule has 2 fully saturated rings. The van der Waals surface area contributed by atoms with Crippen molar-refractivity contribution in [2.24, 2.45) is 0 Å². The van der Waals surface area contributed by atoms with Crippen molar-refractivity contribution < 1.29 is 9.21 Å². The summed E-state index contributed by atoms with van der Waals surface area (Å²) < 4.78 is 5.83. The van der Waals surface area contributed by atoms with Crippen LogP contribution in [0.2, 0.25) is 5.15 Å². The number of likely N-dealkylation sites (tertiary alicyclic amines) is 2. The molecule has 0 spiro atoms. The molecule has 0 unspecified atom stereocenters. The Labute approximate surface area is 209 Å². The Morgan fingerprint density at radius 2 is 1.77 bits per heavy atom. The maximum absolute atomic E-state index is 13.0. The first-order chi connectivity index (χ1) is 17.0. The number of amides is 2. The van der Waals surface area contributed by atoms with Crippen molar-refractivity contribution in [2.45, 2.75) is 52.0 Å². The summed E-state index contributed by atoms with van der Waals surface area (Å²) in [4.78, 5) is 26.3. The Hall–Kier alpha value is -3.04. The van der Waals surface area contributed by atoms with Crippen LogP contribution in [0.4, 0.5) is 10.7 Å². The molecular formula is C25H30ClN7O2. The van der Waals surface area contributed by atoms with Crippen molar-refractivity contribution >= 4 is 23.6 Å². The summed E-state index contributed by atoms with van der Waals surface area (Å²) in [6, 6.07) is 7.62. The van der Waals surface area contributed by atoms with Crippen LogP contribution in [0, 0.1) is 13.8 Å². The van der Waals surface area contributed by atoms with E-state index in [4.69, 9.17) is 16.0 Å². The van der Waals surface area contributed by atoms with Crippen LogP contribution in [-0.4, -0.2) is 68.2 Å². The fourth-order valence-corrected chi connectivity index (χ4v) is 5.21. The minimum atomic E-state index is -0.207. The number of rotatable bonds is 4. The lowest BCUT2D eigenvalue weighted by atomic mass is 10.0. The number of furan rings is 1. The molecule has 2 amide bonds. The number of aryl methyl sites for hydroxylation is 2. The SMILES string of the molecule is Cc1cc(-c2nnc(NC(=O)N3CCC(N4CCCCC4)CC3)nc2-c2ccc(C)o2)cc(Cl)n1. The van der Waals surface area contributed by atoms with E-state index >= 15 is 0 Å². The Morgan fingerprint density at radius 3 is 2.46 bits per heavy atom. The predicted octanol–water partition coefficient (Wildman–Crippen LogP) is 4.95. The number of hydrogen-bond donors (Lipinski definition) is 1. The molecule has 3 aromatic heterocycles. The molecule has 0 saturated carbocycles. The van der Waals surface area contributed by atoms with Crippen LogP contribution in [0.25, 0.3) is 22.7 Å². The van der Waals surface area contributed by atoms with Crippen molar-refractivity contribution in [3.8, 4) is 22.7 Å². The summed E-state index contributed by atoms with van der Waals surface area (Å²) in [6.07, 6.45) is 5.88. The number of halogens is 1. The second kappa shape index (κ2) is 10.3. The van der Waals surface area contributed by atoms with Gasteiger partial charge in [-0.2, -0.15) is 0 Å². The first-order valence-corrected chi connectivity index (χ1v) is 12.6. The average molecular weight is 496 g/mol. The number of urea groups is 1. The van der Waals surface area contributed by atoms with Gasteiger partial charge in [-0.1, -0.05) is 18.0 Å². The maximum Gasteiger partial charge on any atom is 0.324 e. The molecule has 0 bridgehead atoms. The fourth-order valence-electron chi connectivity index (χ4n) is 4.96. The number of carbonyl (C=O) groups excluding carboxylic acids is 1. The first-order valence-electron chi connectivity index (χ1n) is 12.2. The molecule has 2 aliphatic rings. The smallest absolute Gasteiger partial charge is 0.324 e. The van der Waals surface area contributed by atoms with E-state index in [1.807, 2.05) is 36.9 Å². The number of aromatic nitrogens is 4. The molecule has 9 nitrogen and oxygen atoms in total. The van der Waals surface area contributed by atoms with Crippen molar-refractivity contribution in [2.75, 3.05) is 31.5 Å². The molecule has 3 aromatic rings. The van der Waals surface area contributed by atoms with E-state index in [9.17, 15) is 4.79 Å². The molecule has 35 heavy (non-hydrogen) atoms. The van der Waals surface area contributed by atoms with E-state index < -0.39 is 0 Å². The molecule has 5 heterocycles. The molecule has 0 aliphatic carbocycles. The third-order valence-corrected chi connectivity index (χ3v) is 6.93. The first kappa shape index (κ1) is 23.7. The van der Waals surface area contributed by atoms with Gasteiger partial charge >= 0.3 is 6.03 Å². The van der Waals surface area contributed by atoms with Gasteiger partial charge in [-0.3, -0.25) is 5.32 Å². The van der Waals surface area contributed by atoms with Crippen LogP contribution in [0.15, 0.2) is 28.7 Å². The summed E-state index contributed by atoms with van der Waals surface area (Å²) in [6.45, 7) is 7.52. The number of carbonyl (C=O) groups is 1. The van der Waals surface area contributed by atoms with Gasteiger partial charge in [0.1, 0.15) is 22.3 Å². The lowest BCUT2D eigenvalue weighted by Gasteiger charge is -2.40. The highest BCUT2D eigenvalue weighted by Gasteiger charge is 2.28. The van der Waals surface area contributed by atoms with Gasteiger partial charge in [0.25, 0.3) is 5.95 Å². The normalized spacial score (nSPS) is 17.5. The third-order valence-electron chi connectivity index (χ3n) is 6.73. The standard InChI is InChI=1S/C25H30ClN7O2/c1-16-14-18(15-21(26)27-16)22-23(20-7-6-17(2)35-20)28-24(31-30-22)29-25(34)33-12-8-19(9-13-33)32-10-4-3-5-11-32/h6-7,14-15,19H,3-5,8-13H2,1-2H3,(H,28,29,31,34). The summed E-state index contributed by atoms with van der Waals surface area (Å²) in [7, 11) is 0. The maximum atomic E-state index is 13.0. The summed E-state index contributed by atoms with van der Waals surface area (Å²) >= 11 is 6.18. The molecule has 0 aromatic carbocycles. The topological polar surface area (TPSA) is 100 Å². The van der Waals surface area contributed by atoms with Crippen LogP contribution in [0.1, 0.15) is 43.6 Å². The van der Waals surface area contributed by atoms with E-state index in [-0.39, 0.29) is 12.0 Å². The quantitative estimate of drug-likeness (QED) is 0.511. The van der Waals surface area contributed by atoms with E-state index in [0.29, 0.717) is 28.3 Å². The van der Waals surface area contributed by atoms with Crippen LogP contribution >= 0.6 is 11.6 Å². The second-order valence-corrected chi connectivity index (χ2v) is 9.70. The molecule has 0 radical (unpaired) electrons. The van der Waals surface area contributed by atoms with E-state index in [1.165, 1.54) is 32.4 Å². The minimum Gasteiger partial charge on any atom is -0.460 e. The number of hydrogen-bond acceptors (Lipinski definition) is 7. The van der Waals surface area contributed by atoms with Gasteiger partial charge in [-0.25, -0.2) is 14.8 Å². The molecule has 2 aliphatic heterocycles. The monoisotopic (exact) mass is 495 g/mol. The summed E-state index contributed by atoms with van der Waals surface area (Å²) in [5.41, 5.74) is 2.46. The number of anilines is 1. The molecule has 184 valence electrons.